The molecule has 0 aliphatic heterocycles. The fourth-order valence-corrected chi connectivity index (χ4v) is 3.47. The van der Waals surface area contributed by atoms with Gasteiger partial charge in [0.15, 0.2) is 0 Å². The number of hydrogen-bond acceptors (Lipinski definition) is 3. The van der Waals surface area contributed by atoms with Crippen LogP contribution in [0.4, 0.5) is 4.79 Å². The van der Waals surface area contributed by atoms with E-state index in [1.54, 1.807) is 4.57 Å². The lowest BCUT2D eigenvalue weighted by molar-refractivity contribution is 0.233. The molecule has 0 atom stereocenters. The van der Waals surface area contributed by atoms with E-state index in [4.69, 9.17) is 5.73 Å². The molecule has 1 fully saturated rings. The number of fused-ring (bicyclic) bond motifs is 1. The Morgan fingerprint density at radius 3 is 2.67 bits per heavy atom. The summed E-state index contributed by atoms with van der Waals surface area (Å²) in [6, 6.07) is 8.65. The molecule has 1 aromatic heterocycles. The Morgan fingerprint density at radius 2 is 1.96 bits per heavy atom. The highest BCUT2D eigenvalue weighted by Gasteiger charge is 2.21. The van der Waals surface area contributed by atoms with Crippen LogP contribution < -0.4 is 11.1 Å². The van der Waals surface area contributed by atoms with Gasteiger partial charge < -0.3 is 16.0 Å². The minimum absolute atomic E-state index is 0.0252. The molecule has 1 amide bonds. The highest BCUT2D eigenvalue weighted by molar-refractivity contribution is 5.93. The third-order valence-corrected chi connectivity index (χ3v) is 4.94. The molecular formula is C19H28N4O. The summed E-state index contributed by atoms with van der Waals surface area (Å²) >= 11 is 0. The third-order valence-electron chi connectivity index (χ3n) is 4.94. The summed E-state index contributed by atoms with van der Waals surface area (Å²) in [5, 5.41) is 4.35. The maximum Gasteiger partial charge on any atom is 0.326 e. The number of nitrogens with one attached hydrogen (secondary N) is 1. The van der Waals surface area contributed by atoms with E-state index >= 15 is 0 Å². The molecule has 1 aromatic carbocycles. The number of para-hydroxylation sites is 1. The van der Waals surface area contributed by atoms with E-state index in [0.717, 1.165) is 44.2 Å². The van der Waals surface area contributed by atoms with Gasteiger partial charge in [0.05, 0.1) is 5.52 Å². The first kappa shape index (κ1) is 17.0. The van der Waals surface area contributed by atoms with Crippen LogP contribution in [-0.4, -0.2) is 48.2 Å². The van der Waals surface area contributed by atoms with Crippen molar-refractivity contribution >= 4 is 16.9 Å². The second kappa shape index (κ2) is 7.36. The lowest BCUT2D eigenvalue weighted by atomic mass is 9.92. The summed E-state index contributed by atoms with van der Waals surface area (Å²) in [7, 11) is 4.14. The monoisotopic (exact) mass is 328 g/mol. The third kappa shape index (κ3) is 3.79. The zero-order valence-electron chi connectivity index (χ0n) is 14.7. The zero-order valence-corrected chi connectivity index (χ0v) is 14.7. The Morgan fingerprint density at radius 1 is 1.25 bits per heavy atom. The van der Waals surface area contributed by atoms with E-state index in [1.807, 2.05) is 24.4 Å². The maximum absolute atomic E-state index is 12.8. The number of amides is 1. The first-order chi connectivity index (χ1) is 11.5. The smallest absolute Gasteiger partial charge is 0.326 e. The summed E-state index contributed by atoms with van der Waals surface area (Å²) < 4.78 is 1.77. The molecule has 1 aliphatic carbocycles. The largest absolute Gasteiger partial charge is 0.335 e. The van der Waals surface area contributed by atoms with Gasteiger partial charge in [0.1, 0.15) is 0 Å². The van der Waals surface area contributed by atoms with Crippen LogP contribution >= 0.6 is 0 Å². The molecule has 0 unspecified atom stereocenters. The van der Waals surface area contributed by atoms with E-state index < -0.39 is 0 Å². The molecule has 130 valence electrons. The van der Waals surface area contributed by atoms with Crippen molar-refractivity contribution < 1.29 is 4.79 Å². The van der Waals surface area contributed by atoms with Crippen LogP contribution in [0.15, 0.2) is 30.5 Å². The Bertz CT molecular complexity index is 698. The first-order valence-electron chi connectivity index (χ1n) is 8.84. The van der Waals surface area contributed by atoms with Crippen LogP contribution in [0.25, 0.3) is 10.9 Å². The van der Waals surface area contributed by atoms with Crippen molar-refractivity contribution in [3.63, 3.8) is 0 Å². The molecular weight excluding hydrogens is 300 g/mol. The van der Waals surface area contributed by atoms with Gasteiger partial charge in [-0.2, -0.15) is 0 Å². The Hall–Kier alpha value is -1.85. The Labute approximate surface area is 143 Å². The van der Waals surface area contributed by atoms with Crippen LogP contribution in [0.2, 0.25) is 0 Å². The van der Waals surface area contributed by atoms with E-state index in [2.05, 4.69) is 30.4 Å². The molecule has 3 rings (SSSR count). The molecule has 0 saturated heterocycles. The van der Waals surface area contributed by atoms with Crippen molar-refractivity contribution in [2.45, 2.75) is 44.2 Å². The summed E-state index contributed by atoms with van der Waals surface area (Å²) in [5.41, 5.74) is 8.16. The molecule has 1 aliphatic rings. The van der Waals surface area contributed by atoms with Gasteiger partial charge in [-0.15, -0.1) is 0 Å². The Balaban J connectivity index is 1.79. The SMILES string of the molecule is CN(C)CCc1cn(C(=O)NC2CCC(N)CC2)c2ccccc12. The zero-order chi connectivity index (χ0) is 17.1. The fourth-order valence-electron chi connectivity index (χ4n) is 3.47. The summed E-state index contributed by atoms with van der Waals surface area (Å²) in [6.07, 6.45) is 6.86. The number of benzene rings is 1. The number of likely N-dealkylation sites (N-methyl/N-ethyl adjacent to an activating group) is 1. The van der Waals surface area contributed by atoms with Crippen LogP contribution in [0.1, 0.15) is 31.2 Å². The van der Waals surface area contributed by atoms with E-state index in [9.17, 15) is 4.79 Å². The molecule has 0 bridgehead atoms. The first-order valence-corrected chi connectivity index (χ1v) is 8.84. The predicted molar refractivity (Wildman–Crippen MR) is 98.4 cm³/mol. The van der Waals surface area contributed by atoms with Gasteiger partial charge in [-0.05, 0) is 57.8 Å². The van der Waals surface area contributed by atoms with Crippen molar-refractivity contribution in [1.29, 1.82) is 0 Å². The quantitative estimate of drug-likeness (QED) is 0.907. The number of carbonyl (C=O) groups excluding carboxylic acids is 1. The summed E-state index contributed by atoms with van der Waals surface area (Å²) in [4.78, 5) is 14.9. The number of rotatable bonds is 4. The standard InChI is InChI=1S/C19H28N4O/c1-22(2)12-11-14-13-23(18-6-4-3-5-17(14)18)19(24)21-16-9-7-15(20)8-10-16/h3-6,13,15-16H,7-12,20H2,1-2H3,(H,21,24). The van der Waals surface area contributed by atoms with Crippen LogP contribution in [0.3, 0.4) is 0 Å². The van der Waals surface area contributed by atoms with Gasteiger partial charge in [0.25, 0.3) is 0 Å². The summed E-state index contributed by atoms with van der Waals surface area (Å²) in [5.74, 6) is 0. The van der Waals surface area contributed by atoms with Crippen LogP contribution in [0.5, 0.6) is 0 Å². The average Bonchev–Trinajstić information content (AvgIpc) is 2.94. The Kier molecular flexibility index (Phi) is 5.21. The lowest BCUT2D eigenvalue weighted by Gasteiger charge is -2.26. The molecule has 5 nitrogen and oxygen atoms in total. The van der Waals surface area contributed by atoms with Gasteiger partial charge in [0, 0.05) is 30.2 Å². The van der Waals surface area contributed by atoms with Gasteiger partial charge in [0.2, 0.25) is 0 Å². The molecule has 0 spiro atoms. The molecule has 24 heavy (non-hydrogen) atoms. The minimum atomic E-state index is -0.0252. The van der Waals surface area contributed by atoms with Crippen molar-refractivity contribution in [3.8, 4) is 0 Å². The van der Waals surface area contributed by atoms with Gasteiger partial charge in [-0.3, -0.25) is 4.57 Å². The van der Waals surface area contributed by atoms with Crippen molar-refractivity contribution in [1.82, 2.24) is 14.8 Å². The number of carbonyl (C=O) groups is 1. The number of nitrogens with two attached hydrogens (primary N) is 1. The number of nitrogens with zero attached hydrogens (tertiary/aromatic N) is 2. The molecule has 2 aromatic rings. The molecule has 1 heterocycles. The topological polar surface area (TPSA) is 63.3 Å². The molecule has 0 radical (unpaired) electrons. The van der Waals surface area contributed by atoms with E-state index in [-0.39, 0.29) is 12.1 Å². The van der Waals surface area contributed by atoms with E-state index in [0.29, 0.717) is 6.04 Å². The lowest BCUT2D eigenvalue weighted by Crippen LogP contribution is -2.42. The van der Waals surface area contributed by atoms with Gasteiger partial charge in [-0.25, -0.2) is 4.79 Å². The molecule has 3 N–H and O–H groups in total. The van der Waals surface area contributed by atoms with Gasteiger partial charge in [-0.1, -0.05) is 18.2 Å². The average molecular weight is 328 g/mol. The second-order valence-corrected chi connectivity index (χ2v) is 7.16. The van der Waals surface area contributed by atoms with Crippen LogP contribution in [-0.2, 0) is 6.42 Å². The van der Waals surface area contributed by atoms with Crippen molar-refractivity contribution in [2.75, 3.05) is 20.6 Å². The normalized spacial score (nSPS) is 21.3. The highest BCUT2D eigenvalue weighted by Crippen LogP contribution is 2.23. The van der Waals surface area contributed by atoms with Crippen molar-refractivity contribution in [3.05, 3.63) is 36.0 Å². The number of hydrogen-bond donors (Lipinski definition) is 2. The highest BCUT2D eigenvalue weighted by atomic mass is 16.2. The maximum atomic E-state index is 12.8. The van der Waals surface area contributed by atoms with E-state index in [1.165, 1.54) is 10.9 Å². The molecule has 1 saturated carbocycles. The predicted octanol–water partition coefficient (Wildman–Crippen LogP) is 2.57. The van der Waals surface area contributed by atoms with Crippen LogP contribution in [0, 0.1) is 0 Å². The fraction of sp³-hybridized carbons (Fsp3) is 0.526. The van der Waals surface area contributed by atoms with Crippen molar-refractivity contribution in [2.24, 2.45) is 5.73 Å². The van der Waals surface area contributed by atoms with Gasteiger partial charge >= 0.3 is 6.03 Å². The summed E-state index contributed by atoms with van der Waals surface area (Å²) in [6.45, 7) is 0.968. The molecule has 5 heteroatoms. The number of aromatic nitrogens is 1. The second-order valence-electron chi connectivity index (χ2n) is 7.16. The minimum Gasteiger partial charge on any atom is -0.335 e.